The molecule has 1 aromatic carbocycles. The Morgan fingerprint density at radius 3 is 2.61 bits per heavy atom. The number of nitrogens with zero attached hydrogens (tertiary/aromatic N) is 1. The molecule has 1 saturated heterocycles. The van der Waals surface area contributed by atoms with E-state index < -0.39 is 0 Å². The summed E-state index contributed by atoms with van der Waals surface area (Å²) in [6.45, 7) is 7.22. The zero-order valence-electron chi connectivity index (χ0n) is 9.93. The fourth-order valence-electron chi connectivity index (χ4n) is 2.22. The molecule has 0 aromatic heterocycles. The van der Waals surface area contributed by atoms with Crippen LogP contribution in [0.25, 0.3) is 0 Å². The molecule has 98 valence electrons. The Kier molecular flexibility index (Phi) is 4.62. The minimum Gasteiger partial charge on any atom is -0.314 e. The van der Waals surface area contributed by atoms with Crippen molar-refractivity contribution in [1.82, 2.24) is 10.2 Å². The molecule has 1 atom stereocenters. The van der Waals surface area contributed by atoms with E-state index in [1.54, 1.807) is 6.08 Å². The maximum Gasteiger partial charge on any atom is 0.129 e. The van der Waals surface area contributed by atoms with Gasteiger partial charge in [-0.25, -0.2) is 4.39 Å². The van der Waals surface area contributed by atoms with Crippen LogP contribution in [0.5, 0.6) is 0 Å². The fraction of sp³-hybridized carbons (Fsp3) is 0.385. The monoisotopic (exact) mass is 288 g/mol. The van der Waals surface area contributed by atoms with Crippen LogP contribution in [-0.4, -0.2) is 31.1 Å². The average molecular weight is 289 g/mol. The van der Waals surface area contributed by atoms with Crippen molar-refractivity contribution in [1.29, 1.82) is 0 Å². The van der Waals surface area contributed by atoms with E-state index in [-0.39, 0.29) is 16.9 Å². The van der Waals surface area contributed by atoms with Crippen LogP contribution in [0.1, 0.15) is 11.6 Å². The second-order valence-electron chi connectivity index (χ2n) is 4.22. The predicted molar refractivity (Wildman–Crippen MR) is 73.8 cm³/mol. The van der Waals surface area contributed by atoms with Gasteiger partial charge in [-0.2, -0.15) is 0 Å². The summed E-state index contributed by atoms with van der Waals surface area (Å²) in [6.07, 6.45) is 1.71. The van der Waals surface area contributed by atoms with Crippen LogP contribution in [0.15, 0.2) is 24.8 Å². The standard InChI is InChI=1S/C13H15Cl2FN2/c1-2-11(18-7-5-17-6-8-18)12-10(16)4-3-9(14)13(12)15/h2-4,11,17H,1,5-8H2/t11-/m1/s1. The number of benzene rings is 1. The third kappa shape index (κ3) is 2.69. The Morgan fingerprint density at radius 2 is 2.00 bits per heavy atom. The number of rotatable bonds is 3. The maximum atomic E-state index is 14.0. The molecule has 2 rings (SSSR count). The largest absolute Gasteiger partial charge is 0.314 e. The van der Waals surface area contributed by atoms with E-state index in [0.29, 0.717) is 10.6 Å². The number of nitrogens with one attached hydrogen (secondary N) is 1. The lowest BCUT2D eigenvalue weighted by molar-refractivity contribution is 0.200. The van der Waals surface area contributed by atoms with Crippen molar-refractivity contribution in [3.63, 3.8) is 0 Å². The summed E-state index contributed by atoms with van der Waals surface area (Å²) in [4.78, 5) is 2.14. The molecule has 2 nitrogen and oxygen atoms in total. The first-order valence-corrected chi connectivity index (χ1v) is 6.61. The Morgan fingerprint density at radius 1 is 1.33 bits per heavy atom. The summed E-state index contributed by atoms with van der Waals surface area (Å²) in [5, 5.41) is 3.91. The van der Waals surface area contributed by atoms with Crippen molar-refractivity contribution < 1.29 is 4.39 Å². The molecule has 1 aliphatic rings. The molecule has 0 radical (unpaired) electrons. The van der Waals surface area contributed by atoms with Gasteiger partial charge in [-0.05, 0) is 12.1 Å². The second kappa shape index (κ2) is 6.02. The van der Waals surface area contributed by atoms with Gasteiger partial charge in [0.1, 0.15) is 5.82 Å². The van der Waals surface area contributed by atoms with Crippen molar-refractivity contribution in [3.05, 3.63) is 46.2 Å². The van der Waals surface area contributed by atoms with Crippen LogP contribution in [0.4, 0.5) is 4.39 Å². The van der Waals surface area contributed by atoms with Crippen molar-refractivity contribution in [2.45, 2.75) is 6.04 Å². The van der Waals surface area contributed by atoms with Crippen molar-refractivity contribution >= 4 is 23.2 Å². The highest BCUT2D eigenvalue weighted by molar-refractivity contribution is 6.42. The highest BCUT2D eigenvalue weighted by Gasteiger charge is 2.25. The predicted octanol–water partition coefficient (Wildman–Crippen LogP) is 3.26. The molecule has 0 bridgehead atoms. The van der Waals surface area contributed by atoms with E-state index in [1.807, 2.05) is 0 Å². The lowest BCUT2D eigenvalue weighted by atomic mass is 10.0. The molecule has 18 heavy (non-hydrogen) atoms. The van der Waals surface area contributed by atoms with Crippen molar-refractivity contribution in [2.24, 2.45) is 0 Å². The Bertz CT molecular complexity index is 445. The van der Waals surface area contributed by atoms with Gasteiger partial charge in [-0.1, -0.05) is 29.3 Å². The molecule has 0 unspecified atom stereocenters. The molecular weight excluding hydrogens is 274 g/mol. The van der Waals surface area contributed by atoms with Gasteiger partial charge in [0, 0.05) is 31.7 Å². The zero-order chi connectivity index (χ0) is 13.1. The molecule has 1 fully saturated rings. The molecule has 5 heteroatoms. The number of hydrogen-bond donors (Lipinski definition) is 1. The summed E-state index contributed by atoms with van der Waals surface area (Å²) < 4.78 is 14.0. The molecule has 0 saturated carbocycles. The summed E-state index contributed by atoms with van der Waals surface area (Å²) in [5.74, 6) is -0.340. The van der Waals surface area contributed by atoms with Gasteiger partial charge >= 0.3 is 0 Å². The quantitative estimate of drug-likeness (QED) is 0.678. The first-order valence-electron chi connectivity index (χ1n) is 5.86. The van der Waals surface area contributed by atoms with Crippen LogP contribution in [0.2, 0.25) is 10.0 Å². The third-order valence-corrected chi connectivity index (χ3v) is 3.96. The van der Waals surface area contributed by atoms with Gasteiger partial charge in [0.15, 0.2) is 0 Å². The Labute approximate surface area is 116 Å². The van der Waals surface area contributed by atoms with Crippen molar-refractivity contribution in [3.8, 4) is 0 Å². The fourth-order valence-corrected chi connectivity index (χ4v) is 2.65. The highest BCUT2D eigenvalue weighted by atomic mass is 35.5. The molecule has 1 aliphatic heterocycles. The SMILES string of the molecule is C=C[C@H](c1c(F)ccc(Cl)c1Cl)N1CCNCC1. The molecule has 0 spiro atoms. The lowest BCUT2D eigenvalue weighted by Crippen LogP contribution is -2.44. The molecule has 0 aliphatic carbocycles. The summed E-state index contributed by atoms with van der Waals surface area (Å²) in [5.41, 5.74) is 0.418. The van der Waals surface area contributed by atoms with Crippen LogP contribution in [0, 0.1) is 5.82 Å². The third-order valence-electron chi connectivity index (χ3n) is 3.14. The Balaban J connectivity index is 2.37. The average Bonchev–Trinajstić information content (AvgIpc) is 2.40. The van der Waals surface area contributed by atoms with E-state index in [1.165, 1.54) is 12.1 Å². The molecular formula is C13H15Cl2FN2. The van der Waals surface area contributed by atoms with E-state index in [9.17, 15) is 4.39 Å². The first-order chi connectivity index (χ1) is 8.65. The zero-order valence-corrected chi connectivity index (χ0v) is 11.4. The molecule has 1 N–H and O–H groups in total. The van der Waals surface area contributed by atoms with Gasteiger partial charge < -0.3 is 5.32 Å². The number of piperazine rings is 1. The van der Waals surface area contributed by atoms with Gasteiger partial charge in [-0.15, -0.1) is 6.58 Å². The first kappa shape index (κ1) is 13.8. The maximum absolute atomic E-state index is 14.0. The van der Waals surface area contributed by atoms with Crippen molar-refractivity contribution in [2.75, 3.05) is 26.2 Å². The van der Waals surface area contributed by atoms with Crippen LogP contribution < -0.4 is 5.32 Å². The summed E-state index contributed by atoms with van der Waals surface area (Å²) in [6, 6.07) is 2.58. The van der Waals surface area contributed by atoms with Crippen LogP contribution >= 0.6 is 23.2 Å². The van der Waals surface area contributed by atoms with Gasteiger partial charge in [0.05, 0.1) is 16.1 Å². The van der Waals surface area contributed by atoms with Gasteiger partial charge in [-0.3, -0.25) is 4.90 Å². The molecule has 1 aromatic rings. The van der Waals surface area contributed by atoms with E-state index in [4.69, 9.17) is 23.2 Å². The molecule has 1 heterocycles. The number of halogens is 3. The van der Waals surface area contributed by atoms with E-state index >= 15 is 0 Å². The summed E-state index contributed by atoms with van der Waals surface area (Å²) >= 11 is 12.1. The number of hydrogen-bond acceptors (Lipinski definition) is 2. The lowest BCUT2D eigenvalue weighted by Gasteiger charge is -2.34. The van der Waals surface area contributed by atoms with E-state index in [0.717, 1.165) is 26.2 Å². The second-order valence-corrected chi connectivity index (χ2v) is 5.01. The minimum absolute atomic E-state index is 0.238. The smallest absolute Gasteiger partial charge is 0.129 e. The Hall–Kier alpha value is -0.610. The highest BCUT2D eigenvalue weighted by Crippen LogP contribution is 2.35. The van der Waals surface area contributed by atoms with Crippen LogP contribution in [-0.2, 0) is 0 Å². The van der Waals surface area contributed by atoms with Crippen LogP contribution in [0.3, 0.4) is 0 Å². The van der Waals surface area contributed by atoms with E-state index in [2.05, 4.69) is 16.8 Å². The topological polar surface area (TPSA) is 15.3 Å². The minimum atomic E-state index is -0.340. The normalized spacial score (nSPS) is 18.6. The summed E-state index contributed by atoms with van der Waals surface area (Å²) in [7, 11) is 0. The van der Waals surface area contributed by atoms with Gasteiger partial charge in [0.2, 0.25) is 0 Å². The van der Waals surface area contributed by atoms with Gasteiger partial charge in [0.25, 0.3) is 0 Å². The molecule has 0 amide bonds.